The molecule has 0 spiro atoms. The van der Waals surface area contributed by atoms with Crippen LogP contribution in [0.3, 0.4) is 0 Å². The fourth-order valence-corrected chi connectivity index (χ4v) is 2.02. The third kappa shape index (κ3) is 4.69. The maximum Gasteiger partial charge on any atom is 0.161 e. The topological polar surface area (TPSA) is 50.7 Å². The standard InChI is InChI=1S/C16H27NO3/c1-11(2)14(18)8-9-17-12(3)13-6-7-15(19-4)16(10-13)20-5/h6-7,10-12,14,17-18H,8-9H2,1-5H3. The van der Waals surface area contributed by atoms with Gasteiger partial charge in [-0.2, -0.15) is 0 Å². The number of hydrogen-bond donors (Lipinski definition) is 2. The third-order valence-electron chi connectivity index (χ3n) is 3.57. The second-order valence-corrected chi connectivity index (χ2v) is 5.39. The van der Waals surface area contributed by atoms with Crippen LogP contribution in [-0.4, -0.2) is 32.0 Å². The van der Waals surface area contributed by atoms with Gasteiger partial charge in [-0.3, -0.25) is 0 Å². The highest BCUT2D eigenvalue weighted by Crippen LogP contribution is 2.29. The molecule has 2 unspecified atom stereocenters. The molecule has 0 radical (unpaired) electrons. The van der Waals surface area contributed by atoms with Crippen molar-refractivity contribution in [1.82, 2.24) is 5.32 Å². The molecule has 1 rings (SSSR count). The van der Waals surface area contributed by atoms with Crippen LogP contribution in [0.25, 0.3) is 0 Å². The molecule has 0 fully saturated rings. The van der Waals surface area contributed by atoms with Crippen molar-refractivity contribution < 1.29 is 14.6 Å². The van der Waals surface area contributed by atoms with Crippen LogP contribution in [0.2, 0.25) is 0 Å². The van der Waals surface area contributed by atoms with Gasteiger partial charge in [0.05, 0.1) is 20.3 Å². The average Bonchev–Trinajstić information content (AvgIpc) is 2.45. The highest BCUT2D eigenvalue weighted by molar-refractivity contribution is 5.43. The molecule has 1 aromatic carbocycles. The summed E-state index contributed by atoms with van der Waals surface area (Å²) in [5.74, 6) is 1.77. The smallest absolute Gasteiger partial charge is 0.161 e. The van der Waals surface area contributed by atoms with Crippen molar-refractivity contribution in [2.45, 2.75) is 39.3 Å². The Bertz CT molecular complexity index is 407. The summed E-state index contributed by atoms with van der Waals surface area (Å²) in [5.41, 5.74) is 1.14. The quantitative estimate of drug-likeness (QED) is 0.769. The number of rotatable bonds is 8. The second-order valence-electron chi connectivity index (χ2n) is 5.39. The van der Waals surface area contributed by atoms with Gasteiger partial charge in [-0.25, -0.2) is 0 Å². The van der Waals surface area contributed by atoms with Gasteiger partial charge < -0.3 is 19.9 Å². The maximum absolute atomic E-state index is 9.78. The Morgan fingerprint density at radius 3 is 2.30 bits per heavy atom. The number of benzene rings is 1. The van der Waals surface area contributed by atoms with Crippen molar-refractivity contribution in [2.24, 2.45) is 5.92 Å². The van der Waals surface area contributed by atoms with E-state index in [2.05, 4.69) is 12.2 Å². The molecule has 0 saturated heterocycles. The molecule has 20 heavy (non-hydrogen) atoms. The molecule has 4 nitrogen and oxygen atoms in total. The van der Waals surface area contributed by atoms with Crippen LogP contribution < -0.4 is 14.8 Å². The minimum absolute atomic E-state index is 0.203. The first-order chi connectivity index (χ1) is 9.49. The van der Waals surface area contributed by atoms with Gasteiger partial charge in [0.15, 0.2) is 11.5 Å². The number of ether oxygens (including phenoxy) is 2. The normalized spacial score (nSPS) is 14.2. The lowest BCUT2D eigenvalue weighted by molar-refractivity contribution is 0.115. The Hall–Kier alpha value is -1.26. The van der Waals surface area contributed by atoms with Crippen LogP contribution in [-0.2, 0) is 0 Å². The number of methoxy groups -OCH3 is 2. The van der Waals surface area contributed by atoms with E-state index in [1.54, 1.807) is 14.2 Å². The molecule has 0 bridgehead atoms. The lowest BCUT2D eigenvalue weighted by Crippen LogP contribution is -2.25. The number of hydrogen-bond acceptors (Lipinski definition) is 4. The van der Waals surface area contributed by atoms with Crippen LogP contribution in [0.15, 0.2) is 18.2 Å². The van der Waals surface area contributed by atoms with Gasteiger partial charge in [0.1, 0.15) is 0 Å². The summed E-state index contributed by atoms with van der Waals surface area (Å²) in [6.45, 7) is 6.95. The number of aliphatic hydroxyl groups is 1. The van der Waals surface area contributed by atoms with Crippen molar-refractivity contribution in [3.05, 3.63) is 23.8 Å². The fraction of sp³-hybridized carbons (Fsp3) is 0.625. The van der Waals surface area contributed by atoms with E-state index in [9.17, 15) is 5.11 Å². The van der Waals surface area contributed by atoms with E-state index in [1.165, 1.54) is 0 Å². The van der Waals surface area contributed by atoms with Gasteiger partial charge >= 0.3 is 0 Å². The van der Waals surface area contributed by atoms with Gasteiger partial charge in [0.25, 0.3) is 0 Å². The molecule has 0 amide bonds. The average molecular weight is 281 g/mol. The predicted molar refractivity (Wildman–Crippen MR) is 81.4 cm³/mol. The van der Waals surface area contributed by atoms with E-state index in [-0.39, 0.29) is 12.1 Å². The predicted octanol–water partition coefficient (Wildman–Crippen LogP) is 2.76. The molecule has 4 heteroatoms. The van der Waals surface area contributed by atoms with E-state index in [0.717, 1.165) is 30.0 Å². The third-order valence-corrected chi connectivity index (χ3v) is 3.57. The van der Waals surface area contributed by atoms with Crippen molar-refractivity contribution in [3.8, 4) is 11.5 Å². The first-order valence-corrected chi connectivity index (χ1v) is 7.13. The van der Waals surface area contributed by atoms with Crippen LogP contribution in [0.1, 0.15) is 38.8 Å². The number of nitrogens with one attached hydrogen (secondary N) is 1. The summed E-state index contributed by atoms with van der Waals surface area (Å²) in [5, 5.41) is 13.2. The largest absolute Gasteiger partial charge is 0.493 e. The summed E-state index contributed by atoms with van der Waals surface area (Å²) in [7, 11) is 3.27. The molecule has 0 aliphatic rings. The molecule has 0 aliphatic heterocycles. The van der Waals surface area contributed by atoms with Crippen LogP contribution in [0.4, 0.5) is 0 Å². The molecule has 2 atom stereocenters. The molecule has 1 aromatic rings. The van der Waals surface area contributed by atoms with Crippen LogP contribution >= 0.6 is 0 Å². The first kappa shape index (κ1) is 16.8. The van der Waals surface area contributed by atoms with Crippen molar-refractivity contribution >= 4 is 0 Å². The molecular weight excluding hydrogens is 254 g/mol. The Kier molecular flexibility index (Phi) is 6.82. The highest BCUT2D eigenvalue weighted by atomic mass is 16.5. The summed E-state index contributed by atoms with van der Waals surface area (Å²) in [4.78, 5) is 0. The second kappa shape index (κ2) is 8.12. The summed E-state index contributed by atoms with van der Waals surface area (Å²) in [6.07, 6.45) is 0.509. The Morgan fingerprint density at radius 2 is 1.75 bits per heavy atom. The van der Waals surface area contributed by atoms with Gasteiger partial charge in [-0.05, 0) is 43.5 Å². The van der Waals surface area contributed by atoms with Crippen molar-refractivity contribution in [3.63, 3.8) is 0 Å². The maximum atomic E-state index is 9.78. The minimum Gasteiger partial charge on any atom is -0.493 e. The molecule has 0 aliphatic carbocycles. The van der Waals surface area contributed by atoms with Gasteiger partial charge in [-0.15, -0.1) is 0 Å². The SMILES string of the molecule is COc1ccc(C(C)NCCC(O)C(C)C)cc1OC. The molecule has 114 valence electrons. The zero-order valence-corrected chi connectivity index (χ0v) is 13.1. The minimum atomic E-state index is -0.250. The lowest BCUT2D eigenvalue weighted by atomic mass is 10.0. The first-order valence-electron chi connectivity index (χ1n) is 7.13. The molecule has 0 aromatic heterocycles. The Balaban J connectivity index is 2.57. The highest BCUT2D eigenvalue weighted by Gasteiger charge is 2.12. The molecule has 0 heterocycles. The molecular formula is C16H27NO3. The molecule has 0 saturated carbocycles. The fourth-order valence-electron chi connectivity index (χ4n) is 2.02. The van der Waals surface area contributed by atoms with Gasteiger partial charge in [0.2, 0.25) is 0 Å². The van der Waals surface area contributed by atoms with Crippen molar-refractivity contribution in [1.29, 1.82) is 0 Å². The zero-order chi connectivity index (χ0) is 15.1. The van der Waals surface area contributed by atoms with Crippen LogP contribution in [0.5, 0.6) is 11.5 Å². The monoisotopic (exact) mass is 281 g/mol. The van der Waals surface area contributed by atoms with Crippen LogP contribution in [0, 0.1) is 5.92 Å². The van der Waals surface area contributed by atoms with E-state index >= 15 is 0 Å². The summed E-state index contributed by atoms with van der Waals surface area (Å²) < 4.78 is 10.5. The summed E-state index contributed by atoms with van der Waals surface area (Å²) >= 11 is 0. The Labute approximate surface area is 122 Å². The van der Waals surface area contributed by atoms with E-state index in [1.807, 2.05) is 32.0 Å². The zero-order valence-electron chi connectivity index (χ0n) is 13.1. The molecule has 2 N–H and O–H groups in total. The van der Waals surface area contributed by atoms with Crippen molar-refractivity contribution in [2.75, 3.05) is 20.8 Å². The Morgan fingerprint density at radius 1 is 1.10 bits per heavy atom. The van der Waals surface area contributed by atoms with E-state index in [4.69, 9.17) is 9.47 Å². The number of aliphatic hydroxyl groups excluding tert-OH is 1. The van der Waals surface area contributed by atoms with Gasteiger partial charge in [-0.1, -0.05) is 19.9 Å². The lowest BCUT2D eigenvalue weighted by Gasteiger charge is -2.19. The summed E-state index contributed by atoms with van der Waals surface area (Å²) in [6, 6.07) is 6.12. The van der Waals surface area contributed by atoms with E-state index < -0.39 is 0 Å². The van der Waals surface area contributed by atoms with E-state index in [0.29, 0.717) is 5.92 Å². The van der Waals surface area contributed by atoms with Gasteiger partial charge in [0, 0.05) is 6.04 Å².